The molecule has 0 aliphatic rings. The number of carboxylic acid groups (broad SMARTS) is 1. The summed E-state index contributed by atoms with van der Waals surface area (Å²) in [5.74, 6) is -0.429. The lowest BCUT2D eigenvalue weighted by Gasteiger charge is -2.07. The first kappa shape index (κ1) is 17.4. The molecule has 0 atom stereocenters. The molecule has 1 heterocycles. The number of furan rings is 1. The summed E-state index contributed by atoms with van der Waals surface area (Å²) in [5, 5.41) is 12.2. The van der Waals surface area contributed by atoms with Crippen molar-refractivity contribution in [2.75, 3.05) is 0 Å². The normalized spacial score (nSPS) is 10.9. The topological polar surface area (TPSA) is 62.5 Å². The number of halogens is 1. The molecule has 0 saturated heterocycles. The molecule has 4 rings (SSSR count). The number of rotatable bonds is 5. The molecule has 0 spiro atoms. The molecule has 0 amide bonds. The Kier molecular flexibility index (Phi) is 4.69. The van der Waals surface area contributed by atoms with Crippen LogP contribution in [0.1, 0.15) is 15.9 Å². The number of hydrogen-bond donors (Lipinski definition) is 0. The van der Waals surface area contributed by atoms with E-state index in [-0.39, 0.29) is 11.3 Å². The zero-order chi connectivity index (χ0) is 18.8. The Hall–Kier alpha value is -3.05. The van der Waals surface area contributed by atoms with E-state index in [0.717, 1.165) is 10.0 Å². The van der Waals surface area contributed by atoms with Gasteiger partial charge in [-0.25, -0.2) is 0 Å². The van der Waals surface area contributed by atoms with Gasteiger partial charge in [-0.2, -0.15) is 0 Å². The van der Waals surface area contributed by atoms with Crippen LogP contribution >= 0.6 is 15.9 Å². The summed E-state index contributed by atoms with van der Waals surface area (Å²) in [5.41, 5.74) is 2.20. The summed E-state index contributed by atoms with van der Waals surface area (Å²) in [7, 11) is 0. The third kappa shape index (κ3) is 3.59. The first-order chi connectivity index (χ1) is 13.1. The van der Waals surface area contributed by atoms with Gasteiger partial charge in [0.1, 0.15) is 23.7 Å². The van der Waals surface area contributed by atoms with Gasteiger partial charge in [0, 0.05) is 15.4 Å². The molecule has 27 heavy (non-hydrogen) atoms. The molecule has 0 fully saturated rings. The second-order valence-corrected chi connectivity index (χ2v) is 6.95. The lowest BCUT2D eigenvalue weighted by molar-refractivity contribution is -0.254. The maximum absolute atomic E-state index is 11.8. The summed E-state index contributed by atoms with van der Waals surface area (Å²) in [6.45, 7) is 0.378. The summed E-state index contributed by atoms with van der Waals surface area (Å²) >= 11 is 3.40. The van der Waals surface area contributed by atoms with Gasteiger partial charge < -0.3 is 19.1 Å². The van der Waals surface area contributed by atoms with E-state index in [1.165, 1.54) is 0 Å². The standard InChI is InChI=1S/C22H15BrO4/c23-16-8-6-14(7-9-16)13-26-17-10-11-19-18(12-17)20(22(24)25)21(27-19)15-4-2-1-3-5-15/h1-12H,13H2,(H,24,25)/p-1. The predicted octanol–water partition coefficient (Wildman–Crippen LogP) is 4.80. The lowest BCUT2D eigenvalue weighted by atomic mass is 10.1. The Bertz CT molecular complexity index is 1100. The summed E-state index contributed by atoms with van der Waals surface area (Å²) in [6.07, 6.45) is 0. The van der Waals surface area contributed by atoms with E-state index in [2.05, 4.69) is 15.9 Å². The third-order valence-corrected chi connectivity index (χ3v) is 4.75. The van der Waals surface area contributed by atoms with Gasteiger partial charge in [0.2, 0.25) is 0 Å². The van der Waals surface area contributed by atoms with Crippen molar-refractivity contribution in [3.63, 3.8) is 0 Å². The highest BCUT2D eigenvalue weighted by Gasteiger charge is 2.17. The molecule has 1 aromatic heterocycles. The van der Waals surface area contributed by atoms with E-state index in [4.69, 9.17) is 9.15 Å². The van der Waals surface area contributed by atoms with Crippen LogP contribution in [0.4, 0.5) is 0 Å². The molecule has 0 aliphatic carbocycles. The Morgan fingerprint density at radius 3 is 2.44 bits per heavy atom. The van der Waals surface area contributed by atoms with Crippen LogP contribution in [0.15, 0.2) is 81.7 Å². The molecule has 0 unspecified atom stereocenters. The van der Waals surface area contributed by atoms with Crippen molar-refractivity contribution < 1.29 is 19.1 Å². The Morgan fingerprint density at radius 1 is 1.00 bits per heavy atom. The van der Waals surface area contributed by atoms with Crippen molar-refractivity contribution in [2.24, 2.45) is 0 Å². The molecule has 3 aromatic carbocycles. The molecule has 0 radical (unpaired) electrons. The fraction of sp³-hybridized carbons (Fsp3) is 0.0455. The number of hydrogen-bond acceptors (Lipinski definition) is 4. The first-order valence-corrected chi connectivity index (χ1v) is 9.11. The minimum Gasteiger partial charge on any atom is -0.545 e. The number of benzene rings is 3. The smallest absolute Gasteiger partial charge is 0.144 e. The van der Waals surface area contributed by atoms with Crippen LogP contribution in [0.2, 0.25) is 0 Å². The monoisotopic (exact) mass is 421 g/mol. The number of fused-ring (bicyclic) bond motifs is 1. The number of carbonyl (C=O) groups excluding carboxylic acids is 1. The van der Waals surface area contributed by atoms with Crippen LogP contribution in [-0.2, 0) is 6.61 Å². The van der Waals surface area contributed by atoms with Crippen molar-refractivity contribution in [3.05, 3.63) is 88.4 Å². The van der Waals surface area contributed by atoms with Crippen LogP contribution in [-0.4, -0.2) is 5.97 Å². The van der Waals surface area contributed by atoms with Crippen LogP contribution in [0.5, 0.6) is 5.75 Å². The molecule has 0 bridgehead atoms. The van der Waals surface area contributed by atoms with Gasteiger partial charge in [0.25, 0.3) is 0 Å². The minimum atomic E-state index is -1.28. The predicted molar refractivity (Wildman–Crippen MR) is 104 cm³/mol. The molecule has 0 N–H and O–H groups in total. The van der Waals surface area contributed by atoms with Gasteiger partial charge in [-0.05, 0) is 35.9 Å². The van der Waals surface area contributed by atoms with Gasteiger partial charge in [-0.3, -0.25) is 0 Å². The summed E-state index contributed by atoms with van der Waals surface area (Å²) < 4.78 is 12.6. The first-order valence-electron chi connectivity index (χ1n) is 8.32. The SMILES string of the molecule is O=C([O-])c1c(-c2ccccc2)oc2ccc(OCc3ccc(Br)cc3)cc12. The quantitative estimate of drug-likeness (QED) is 0.463. The number of ether oxygens (including phenoxy) is 1. The van der Waals surface area contributed by atoms with Crippen molar-refractivity contribution in [1.29, 1.82) is 0 Å². The molecule has 5 heteroatoms. The van der Waals surface area contributed by atoms with E-state index < -0.39 is 5.97 Å². The maximum Gasteiger partial charge on any atom is 0.144 e. The van der Waals surface area contributed by atoms with E-state index in [0.29, 0.717) is 28.9 Å². The molecule has 134 valence electrons. The highest BCUT2D eigenvalue weighted by atomic mass is 79.9. The molecule has 4 aromatic rings. The van der Waals surface area contributed by atoms with Gasteiger partial charge in [-0.1, -0.05) is 58.4 Å². The number of carbonyl (C=O) groups is 1. The second kappa shape index (κ2) is 7.29. The van der Waals surface area contributed by atoms with E-state index in [1.807, 2.05) is 42.5 Å². The van der Waals surface area contributed by atoms with Gasteiger partial charge in [-0.15, -0.1) is 0 Å². The van der Waals surface area contributed by atoms with Gasteiger partial charge in [0.15, 0.2) is 0 Å². The molecular weight excluding hydrogens is 408 g/mol. The maximum atomic E-state index is 11.8. The van der Waals surface area contributed by atoms with Crippen LogP contribution < -0.4 is 9.84 Å². The second-order valence-electron chi connectivity index (χ2n) is 6.03. The average Bonchev–Trinajstić information content (AvgIpc) is 3.07. The Morgan fingerprint density at radius 2 is 1.74 bits per heavy atom. The molecule has 0 saturated carbocycles. The number of carboxylic acids is 1. The zero-order valence-corrected chi connectivity index (χ0v) is 15.7. The molecule has 0 aliphatic heterocycles. The van der Waals surface area contributed by atoms with Gasteiger partial charge in [0.05, 0.1) is 11.5 Å². The third-order valence-electron chi connectivity index (χ3n) is 4.22. The molecular formula is C22H14BrO4-. The van der Waals surface area contributed by atoms with Crippen LogP contribution in [0.3, 0.4) is 0 Å². The Balaban J connectivity index is 1.70. The fourth-order valence-electron chi connectivity index (χ4n) is 2.91. The largest absolute Gasteiger partial charge is 0.545 e. The molecule has 4 nitrogen and oxygen atoms in total. The summed E-state index contributed by atoms with van der Waals surface area (Å²) in [4.78, 5) is 11.8. The van der Waals surface area contributed by atoms with E-state index in [1.54, 1.807) is 30.3 Å². The van der Waals surface area contributed by atoms with Crippen molar-refractivity contribution in [1.82, 2.24) is 0 Å². The Labute approximate surface area is 164 Å². The highest BCUT2D eigenvalue weighted by Crippen LogP contribution is 2.35. The minimum absolute atomic E-state index is 0.0327. The lowest BCUT2D eigenvalue weighted by Crippen LogP contribution is -2.22. The van der Waals surface area contributed by atoms with Crippen molar-refractivity contribution >= 4 is 32.9 Å². The summed E-state index contributed by atoms with van der Waals surface area (Å²) in [6, 6.07) is 22.1. The fourth-order valence-corrected chi connectivity index (χ4v) is 3.17. The van der Waals surface area contributed by atoms with Crippen LogP contribution in [0, 0.1) is 0 Å². The van der Waals surface area contributed by atoms with E-state index >= 15 is 0 Å². The van der Waals surface area contributed by atoms with Crippen LogP contribution in [0.25, 0.3) is 22.3 Å². The zero-order valence-electron chi connectivity index (χ0n) is 14.1. The van der Waals surface area contributed by atoms with Crippen molar-refractivity contribution in [3.8, 4) is 17.1 Å². The number of aromatic carboxylic acids is 1. The van der Waals surface area contributed by atoms with Gasteiger partial charge >= 0.3 is 0 Å². The van der Waals surface area contributed by atoms with Crippen molar-refractivity contribution in [2.45, 2.75) is 6.61 Å². The van der Waals surface area contributed by atoms with E-state index in [9.17, 15) is 9.90 Å². The average molecular weight is 422 g/mol. The highest BCUT2D eigenvalue weighted by molar-refractivity contribution is 9.10.